The fraction of sp³-hybridized carbons (Fsp3) is 0.500. The highest BCUT2D eigenvalue weighted by atomic mass is 32.1. The number of fused-ring (bicyclic) bond motifs is 2. The van der Waals surface area contributed by atoms with Gasteiger partial charge in [0, 0.05) is 0 Å². The fourth-order valence-electron chi connectivity index (χ4n) is 3.88. The van der Waals surface area contributed by atoms with E-state index in [9.17, 15) is 9.59 Å². The molecule has 2 fully saturated rings. The number of hydrogen-bond acceptors (Lipinski definition) is 5. The van der Waals surface area contributed by atoms with Crippen molar-refractivity contribution in [2.45, 2.75) is 32.2 Å². The number of rotatable bonds is 4. The van der Waals surface area contributed by atoms with Crippen LogP contribution in [0.4, 0.5) is 0 Å². The van der Waals surface area contributed by atoms with Crippen LogP contribution in [0.25, 0.3) is 10.2 Å². The highest BCUT2D eigenvalue weighted by Crippen LogP contribution is 2.38. The van der Waals surface area contributed by atoms with Crippen molar-refractivity contribution in [3.8, 4) is 0 Å². The first-order valence-electron chi connectivity index (χ1n) is 8.51. The van der Waals surface area contributed by atoms with Gasteiger partial charge >= 0.3 is 0 Å². The molecule has 2 heterocycles. The summed E-state index contributed by atoms with van der Waals surface area (Å²) in [6, 6.07) is 8.07. The van der Waals surface area contributed by atoms with Crippen LogP contribution in [0.3, 0.4) is 0 Å². The summed E-state index contributed by atoms with van der Waals surface area (Å²) < 4.78 is 1.17. The predicted octanol–water partition coefficient (Wildman–Crippen LogP) is 2.86. The molecule has 1 aromatic carbocycles. The molecule has 126 valence electrons. The molecular weight excluding hydrogens is 322 g/mol. The van der Waals surface area contributed by atoms with Crippen LogP contribution in [0, 0.1) is 11.8 Å². The third-order valence-corrected chi connectivity index (χ3v) is 6.08. The molecule has 2 aromatic rings. The zero-order chi connectivity index (χ0) is 16.7. The van der Waals surface area contributed by atoms with Crippen LogP contribution in [-0.2, 0) is 16.1 Å². The number of likely N-dealkylation sites (tertiary alicyclic amines) is 1. The quantitative estimate of drug-likeness (QED) is 0.801. The van der Waals surface area contributed by atoms with Crippen molar-refractivity contribution in [1.29, 1.82) is 0 Å². The largest absolute Gasteiger partial charge is 0.282 e. The van der Waals surface area contributed by atoms with Crippen LogP contribution in [0.15, 0.2) is 24.3 Å². The molecular formula is C18H21N3O2S. The Labute approximate surface area is 145 Å². The van der Waals surface area contributed by atoms with Crippen molar-refractivity contribution in [2.24, 2.45) is 11.8 Å². The van der Waals surface area contributed by atoms with E-state index in [2.05, 4.69) is 11.1 Å². The van der Waals surface area contributed by atoms with Crippen molar-refractivity contribution < 1.29 is 9.59 Å². The molecule has 5 nitrogen and oxygen atoms in total. The molecule has 0 spiro atoms. The Morgan fingerprint density at radius 2 is 1.83 bits per heavy atom. The van der Waals surface area contributed by atoms with E-state index in [4.69, 9.17) is 0 Å². The van der Waals surface area contributed by atoms with E-state index >= 15 is 0 Å². The lowest BCUT2D eigenvalue weighted by atomic mass is 9.81. The average molecular weight is 343 g/mol. The number of carbonyl (C=O) groups is 2. The minimum atomic E-state index is -0.0675. The van der Waals surface area contributed by atoms with Gasteiger partial charge in [0.2, 0.25) is 11.8 Å². The lowest BCUT2D eigenvalue weighted by Gasteiger charge is -2.22. The Balaban J connectivity index is 1.44. The minimum absolute atomic E-state index is 0.0286. The molecule has 0 N–H and O–H groups in total. The second-order valence-corrected chi connectivity index (χ2v) is 7.95. The minimum Gasteiger partial charge on any atom is -0.282 e. The van der Waals surface area contributed by atoms with E-state index in [1.54, 1.807) is 11.3 Å². The van der Waals surface area contributed by atoms with E-state index < -0.39 is 0 Å². The van der Waals surface area contributed by atoms with Gasteiger partial charge in [-0.1, -0.05) is 25.0 Å². The van der Waals surface area contributed by atoms with Crippen molar-refractivity contribution in [3.63, 3.8) is 0 Å². The van der Waals surface area contributed by atoms with Crippen LogP contribution in [-0.4, -0.2) is 40.3 Å². The molecule has 2 atom stereocenters. The maximum Gasteiger partial charge on any atom is 0.234 e. The summed E-state index contributed by atoms with van der Waals surface area (Å²) in [5.74, 6) is -0.0779. The Morgan fingerprint density at radius 3 is 2.50 bits per heavy atom. The molecule has 1 saturated carbocycles. The van der Waals surface area contributed by atoms with Gasteiger partial charge in [-0.25, -0.2) is 4.98 Å². The van der Waals surface area contributed by atoms with Gasteiger partial charge in [0.05, 0.1) is 35.3 Å². The van der Waals surface area contributed by atoms with E-state index in [0.717, 1.165) is 36.2 Å². The molecule has 4 rings (SSSR count). The van der Waals surface area contributed by atoms with E-state index in [-0.39, 0.29) is 23.7 Å². The van der Waals surface area contributed by atoms with Gasteiger partial charge in [-0.05, 0) is 32.0 Å². The van der Waals surface area contributed by atoms with Gasteiger partial charge in [0.25, 0.3) is 0 Å². The zero-order valence-corrected chi connectivity index (χ0v) is 14.6. The molecule has 0 bridgehead atoms. The molecule has 0 unspecified atom stereocenters. The first-order chi connectivity index (χ1) is 11.6. The second kappa shape index (κ2) is 6.26. The van der Waals surface area contributed by atoms with Gasteiger partial charge in [0.15, 0.2) is 0 Å². The number of benzene rings is 1. The van der Waals surface area contributed by atoms with E-state index in [1.165, 1.54) is 9.60 Å². The highest BCUT2D eigenvalue weighted by molar-refractivity contribution is 7.18. The van der Waals surface area contributed by atoms with Crippen LogP contribution in [0.1, 0.15) is 30.7 Å². The van der Waals surface area contributed by atoms with Crippen molar-refractivity contribution in [3.05, 3.63) is 29.3 Å². The van der Waals surface area contributed by atoms with Gasteiger partial charge in [0.1, 0.15) is 5.01 Å². The predicted molar refractivity (Wildman–Crippen MR) is 93.3 cm³/mol. The lowest BCUT2D eigenvalue weighted by molar-refractivity contribution is -0.142. The van der Waals surface area contributed by atoms with E-state index in [0.29, 0.717) is 13.2 Å². The Morgan fingerprint density at radius 1 is 1.17 bits per heavy atom. The second-order valence-electron chi connectivity index (χ2n) is 6.83. The standard InChI is InChI=1S/C18H21N3O2S/c1-20(10-16-19-14-8-4-5-9-15(14)24-16)11-21-17(22)12-6-2-3-7-13(12)18(21)23/h4-5,8-9,12-13H,2-3,6-7,10-11H2,1H3/t12-,13+. The number of carbonyl (C=O) groups excluding carboxylic acids is 2. The van der Waals surface area contributed by atoms with Gasteiger partial charge in [-0.3, -0.25) is 19.4 Å². The number of amides is 2. The molecule has 1 aliphatic carbocycles. The number of nitrogens with zero attached hydrogens (tertiary/aromatic N) is 3. The summed E-state index contributed by atoms with van der Waals surface area (Å²) in [4.78, 5) is 33.2. The third kappa shape index (κ3) is 2.74. The monoisotopic (exact) mass is 343 g/mol. The number of para-hydroxylation sites is 1. The Hall–Kier alpha value is -1.79. The molecule has 1 saturated heterocycles. The number of aromatic nitrogens is 1. The van der Waals surface area contributed by atoms with Gasteiger partial charge in [-0.2, -0.15) is 0 Å². The first kappa shape index (κ1) is 15.7. The summed E-state index contributed by atoms with van der Waals surface area (Å²) in [5, 5.41) is 1.01. The summed E-state index contributed by atoms with van der Waals surface area (Å²) >= 11 is 1.66. The van der Waals surface area contributed by atoms with Crippen LogP contribution in [0.2, 0.25) is 0 Å². The molecule has 1 aliphatic heterocycles. The molecule has 2 aliphatic rings. The summed E-state index contributed by atoms with van der Waals surface area (Å²) in [7, 11) is 1.94. The van der Waals surface area contributed by atoms with Crippen LogP contribution < -0.4 is 0 Å². The highest BCUT2D eigenvalue weighted by Gasteiger charge is 2.48. The molecule has 0 radical (unpaired) electrons. The van der Waals surface area contributed by atoms with Gasteiger partial charge in [-0.15, -0.1) is 11.3 Å². The van der Waals surface area contributed by atoms with Crippen LogP contribution >= 0.6 is 11.3 Å². The Bertz CT molecular complexity index is 730. The Kier molecular flexibility index (Phi) is 4.10. The fourth-order valence-corrected chi connectivity index (χ4v) is 4.93. The zero-order valence-electron chi connectivity index (χ0n) is 13.8. The third-order valence-electron chi connectivity index (χ3n) is 5.06. The maximum atomic E-state index is 12.5. The number of thiazole rings is 1. The average Bonchev–Trinajstić information content (AvgIpc) is 3.09. The lowest BCUT2D eigenvalue weighted by Crippen LogP contribution is -2.39. The van der Waals surface area contributed by atoms with Gasteiger partial charge < -0.3 is 0 Å². The normalized spacial score (nSPS) is 24.2. The smallest absolute Gasteiger partial charge is 0.234 e. The number of hydrogen-bond donors (Lipinski definition) is 0. The van der Waals surface area contributed by atoms with Crippen molar-refractivity contribution >= 4 is 33.4 Å². The molecule has 6 heteroatoms. The molecule has 1 aromatic heterocycles. The van der Waals surface area contributed by atoms with E-state index in [1.807, 2.05) is 30.1 Å². The topological polar surface area (TPSA) is 53.5 Å². The maximum absolute atomic E-state index is 12.5. The van der Waals surface area contributed by atoms with Crippen molar-refractivity contribution in [1.82, 2.24) is 14.8 Å². The molecule has 24 heavy (non-hydrogen) atoms. The summed E-state index contributed by atoms with van der Waals surface area (Å²) in [6.07, 6.45) is 3.87. The van der Waals surface area contributed by atoms with Crippen LogP contribution in [0.5, 0.6) is 0 Å². The summed E-state index contributed by atoms with van der Waals surface area (Å²) in [5.41, 5.74) is 1.00. The molecule has 2 amide bonds. The van der Waals surface area contributed by atoms with Crippen molar-refractivity contribution in [2.75, 3.05) is 13.7 Å². The summed E-state index contributed by atoms with van der Waals surface area (Å²) in [6.45, 7) is 1.01. The first-order valence-corrected chi connectivity index (χ1v) is 9.33. The SMILES string of the molecule is CN(Cc1nc2ccccc2s1)CN1C(=O)[C@H]2CCCC[C@H]2C1=O. The number of imide groups is 1.